The maximum atomic E-state index is 5.54. The van der Waals surface area contributed by atoms with Gasteiger partial charge in [-0.05, 0) is 25.8 Å². The van der Waals surface area contributed by atoms with E-state index in [9.17, 15) is 0 Å². The Balaban J connectivity index is 1.52. The molecule has 8 nitrogen and oxygen atoms in total. The molecule has 2 aromatic rings. The van der Waals surface area contributed by atoms with Gasteiger partial charge < -0.3 is 13.8 Å². The first-order valence-corrected chi connectivity index (χ1v) is 8.04. The average molecular weight is 321 g/mol. The summed E-state index contributed by atoms with van der Waals surface area (Å²) in [6, 6.07) is 0. The number of rotatable bonds is 7. The molecule has 0 bridgehead atoms. The standard InChI is InChI=1S/C15H23N5O3/c1-10(2)7-12-16-14(22-18-12)9-20(3)8-13-17-15(23-19-13)11-5-4-6-21-11/h10-11H,4-9H2,1-3H3/t11-/m1/s1. The van der Waals surface area contributed by atoms with Gasteiger partial charge >= 0.3 is 0 Å². The summed E-state index contributed by atoms with van der Waals surface area (Å²) in [7, 11) is 1.95. The number of aromatic nitrogens is 4. The van der Waals surface area contributed by atoms with E-state index in [1.54, 1.807) is 0 Å². The predicted octanol–water partition coefficient (Wildman–Crippen LogP) is 2.13. The molecule has 0 N–H and O–H groups in total. The van der Waals surface area contributed by atoms with Crippen molar-refractivity contribution in [1.29, 1.82) is 0 Å². The normalized spacial score (nSPS) is 18.4. The van der Waals surface area contributed by atoms with Crippen LogP contribution in [0.5, 0.6) is 0 Å². The van der Waals surface area contributed by atoms with E-state index in [2.05, 4.69) is 34.1 Å². The van der Waals surface area contributed by atoms with E-state index in [0.717, 1.165) is 31.7 Å². The summed E-state index contributed by atoms with van der Waals surface area (Å²) in [4.78, 5) is 10.8. The summed E-state index contributed by atoms with van der Waals surface area (Å²) >= 11 is 0. The van der Waals surface area contributed by atoms with E-state index in [0.29, 0.717) is 36.6 Å². The zero-order valence-corrected chi connectivity index (χ0v) is 13.9. The SMILES string of the molecule is CC(C)Cc1noc(CN(C)Cc2noc([C@H]3CCCO3)n2)n1. The van der Waals surface area contributed by atoms with Gasteiger partial charge in [0.25, 0.3) is 5.89 Å². The Labute approximate surface area is 135 Å². The van der Waals surface area contributed by atoms with Crippen molar-refractivity contribution in [3.63, 3.8) is 0 Å². The minimum Gasteiger partial charge on any atom is -0.368 e. The monoisotopic (exact) mass is 321 g/mol. The van der Waals surface area contributed by atoms with Crippen molar-refractivity contribution in [1.82, 2.24) is 25.2 Å². The predicted molar refractivity (Wildman–Crippen MR) is 80.2 cm³/mol. The molecule has 3 rings (SSSR count). The Hall–Kier alpha value is -1.80. The van der Waals surface area contributed by atoms with Gasteiger partial charge in [-0.2, -0.15) is 9.97 Å². The highest BCUT2D eigenvalue weighted by atomic mass is 16.5. The van der Waals surface area contributed by atoms with E-state index in [1.165, 1.54) is 0 Å². The summed E-state index contributed by atoms with van der Waals surface area (Å²) in [6.07, 6.45) is 2.76. The number of hydrogen-bond acceptors (Lipinski definition) is 8. The average Bonchev–Trinajstić information content (AvgIpc) is 3.19. The molecule has 1 atom stereocenters. The van der Waals surface area contributed by atoms with Crippen LogP contribution >= 0.6 is 0 Å². The molecule has 0 aliphatic carbocycles. The summed E-state index contributed by atoms with van der Waals surface area (Å²) in [5, 5.41) is 8.01. The Morgan fingerprint density at radius 2 is 1.96 bits per heavy atom. The molecule has 8 heteroatoms. The zero-order valence-electron chi connectivity index (χ0n) is 13.9. The van der Waals surface area contributed by atoms with Gasteiger partial charge in [0.05, 0.1) is 13.1 Å². The Bertz CT molecular complexity index is 618. The molecular weight excluding hydrogens is 298 g/mol. The highest BCUT2D eigenvalue weighted by Crippen LogP contribution is 2.27. The van der Waals surface area contributed by atoms with Gasteiger partial charge in [-0.15, -0.1) is 0 Å². The lowest BCUT2D eigenvalue weighted by atomic mass is 10.1. The van der Waals surface area contributed by atoms with Gasteiger partial charge in [-0.1, -0.05) is 24.2 Å². The Kier molecular flexibility index (Phi) is 5.02. The largest absolute Gasteiger partial charge is 0.368 e. The second-order valence-electron chi connectivity index (χ2n) is 6.43. The Morgan fingerprint density at radius 3 is 2.70 bits per heavy atom. The van der Waals surface area contributed by atoms with Crippen LogP contribution in [0.3, 0.4) is 0 Å². The summed E-state index contributed by atoms with van der Waals surface area (Å²) in [6.45, 7) is 6.12. The molecule has 1 aliphatic heterocycles. The van der Waals surface area contributed by atoms with Gasteiger partial charge in [-0.3, -0.25) is 4.90 Å². The van der Waals surface area contributed by atoms with Crippen LogP contribution in [-0.2, 0) is 24.2 Å². The van der Waals surface area contributed by atoms with Crippen molar-refractivity contribution < 1.29 is 13.8 Å². The van der Waals surface area contributed by atoms with Crippen LogP contribution in [0, 0.1) is 5.92 Å². The minimum atomic E-state index is -0.0453. The summed E-state index contributed by atoms with van der Waals surface area (Å²) < 4.78 is 16.1. The lowest BCUT2D eigenvalue weighted by molar-refractivity contribution is 0.0835. The van der Waals surface area contributed by atoms with E-state index in [1.807, 2.05) is 11.9 Å². The van der Waals surface area contributed by atoms with E-state index in [4.69, 9.17) is 13.8 Å². The van der Waals surface area contributed by atoms with Crippen LogP contribution in [-0.4, -0.2) is 38.8 Å². The molecule has 23 heavy (non-hydrogen) atoms. The number of nitrogens with zero attached hydrogens (tertiary/aromatic N) is 5. The molecule has 0 saturated carbocycles. The van der Waals surface area contributed by atoms with Crippen LogP contribution in [0.1, 0.15) is 56.2 Å². The number of ether oxygens (including phenoxy) is 1. The van der Waals surface area contributed by atoms with Crippen molar-refractivity contribution in [3.8, 4) is 0 Å². The third-order valence-electron chi connectivity index (χ3n) is 3.61. The zero-order chi connectivity index (χ0) is 16.2. The molecule has 1 aliphatic rings. The lowest BCUT2D eigenvalue weighted by Crippen LogP contribution is -2.18. The van der Waals surface area contributed by atoms with Crippen molar-refractivity contribution in [2.24, 2.45) is 5.92 Å². The first-order valence-electron chi connectivity index (χ1n) is 8.04. The van der Waals surface area contributed by atoms with Gasteiger partial charge in [-0.25, -0.2) is 0 Å². The fourth-order valence-electron chi connectivity index (χ4n) is 2.57. The summed E-state index contributed by atoms with van der Waals surface area (Å²) in [5.74, 6) is 3.08. The molecule has 0 radical (unpaired) electrons. The molecule has 0 aromatic carbocycles. The highest BCUT2D eigenvalue weighted by Gasteiger charge is 2.24. The molecular formula is C15H23N5O3. The van der Waals surface area contributed by atoms with Crippen molar-refractivity contribution in [3.05, 3.63) is 23.4 Å². The maximum absolute atomic E-state index is 5.54. The molecule has 1 saturated heterocycles. The first-order chi connectivity index (χ1) is 11.1. The molecule has 126 valence electrons. The first kappa shape index (κ1) is 16.1. The molecule has 3 heterocycles. The van der Waals surface area contributed by atoms with Crippen molar-refractivity contribution in [2.45, 2.75) is 52.3 Å². The van der Waals surface area contributed by atoms with Crippen molar-refractivity contribution in [2.75, 3.05) is 13.7 Å². The van der Waals surface area contributed by atoms with Crippen LogP contribution in [0.25, 0.3) is 0 Å². The quantitative estimate of drug-likeness (QED) is 0.766. The van der Waals surface area contributed by atoms with Crippen LogP contribution in [0.15, 0.2) is 9.05 Å². The van der Waals surface area contributed by atoms with Crippen LogP contribution in [0.2, 0.25) is 0 Å². The smallest absolute Gasteiger partial charge is 0.255 e. The van der Waals surface area contributed by atoms with Gasteiger partial charge in [0, 0.05) is 13.0 Å². The molecule has 1 fully saturated rings. The Morgan fingerprint density at radius 1 is 1.13 bits per heavy atom. The third-order valence-corrected chi connectivity index (χ3v) is 3.61. The fourth-order valence-corrected chi connectivity index (χ4v) is 2.57. The topological polar surface area (TPSA) is 90.3 Å². The van der Waals surface area contributed by atoms with Gasteiger partial charge in [0.1, 0.15) is 6.10 Å². The second kappa shape index (κ2) is 7.18. The molecule has 0 unspecified atom stereocenters. The molecule has 0 spiro atoms. The van der Waals surface area contributed by atoms with Crippen LogP contribution in [0.4, 0.5) is 0 Å². The third kappa shape index (κ3) is 4.35. The van der Waals surface area contributed by atoms with Crippen molar-refractivity contribution >= 4 is 0 Å². The van der Waals surface area contributed by atoms with E-state index < -0.39 is 0 Å². The highest BCUT2D eigenvalue weighted by molar-refractivity contribution is 4.93. The molecule has 0 amide bonds. The van der Waals surface area contributed by atoms with Gasteiger partial charge in [0.2, 0.25) is 5.89 Å². The van der Waals surface area contributed by atoms with Crippen LogP contribution < -0.4 is 0 Å². The number of hydrogen-bond donors (Lipinski definition) is 0. The minimum absolute atomic E-state index is 0.0453. The van der Waals surface area contributed by atoms with E-state index >= 15 is 0 Å². The maximum Gasteiger partial charge on any atom is 0.255 e. The van der Waals surface area contributed by atoms with Gasteiger partial charge in [0.15, 0.2) is 11.6 Å². The summed E-state index contributed by atoms with van der Waals surface area (Å²) in [5.41, 5.74) is 0. The fraction of sp³-hybridized carbons (Fsp3) is 0.733. The lowest BCUT2D eigenvalue weighted by Gasteiger charge is -2.10. The van der Waals surface area contributed by atoms with E-state index in [-0.39, 0.29) is 6.10 Å². The second-order valence-corrected chi connectivity index (χ2v) is 6.43. The molecule has 2 aromatic heterocycles.